The van der Waals surface area contributed by atoms with Crippen molar-refractivity contribution < 1.29 is 14.3 Å². The minimum atomic E-state index is -0.517. The van der Waals surface area contributed by atoms with Crippen molar-refractivity contribution in [3.8, 4) is 0 Å². The second-order valence-electron chi connectivity index (χ2n) is 6.93. The van der Waals surface area contributed by atoms with E-state index in [0.29, 0.717) is 13.1 Å². The number of rotatable bonds is 4. The van der Waals surface area contributed by atoms with Crippen LogP contribution in [0.25, 0.3) is 0 Å². The van der Waals surface area contributed by atoms with Crippen LogP contribution in [0, 0.1) is 0 Å². The first kappa shape index (κ1) is 17.8. The average molecular weight is 320 g/mol. The summed E-state index contributed by atoms with van der Waals surface area (Å²) in [4.78, 5) is 14.5. The van der Waals surface area contributed by atoms with Gasteiger partial charge in [-0.1, -0.05) is 30.3 Å². The molecule has 1 aromatic carbocycles. The van der Waals surface area contributed by atoms with Crippen molar-refractivity contribution in [2.45, 2.75) is 51.5 Å². The number of benzene rings is 1. The molecule has 5 heteroatoms. The second kappa shape index (κ2) is 7.79. The van der Waals surface area contributed by atoms with Crippen LogP contribution < -0.4 is 5.32 Å². The van der Waals surface area contributed by atoms with Gasteiger partial charge in [-0.05, 0) is 39.3 Å². The fourth-order valence-corrected chi connectivity index (χ4v) is 2.82. The molecule has 1 aliphatic heterocycles. The third-order valence-corrected chi connectivity index (χ3v) is 3.92. The van der Waals surface area contributed by atoms with Crippen LogP contribution in [0.3, 0.4) is 0 Å². The fourth-order valence-electron chi connectivity index (χ4n) is 2.82. The highest BCUT2D eigenvalue weighted by atomic mass is 16.6. The Bertz CT molecular complexity index is 499. The van der Waals surface area contributed by atoms with E-state index in [1.54, 1.807) is 12.0 Å². The normalized spacial score (nSPS) is 21.7. The van der Waals surface area contributed by atoms with Crippen molar-refractivity contribution in [3.63, 3.8) is 0 Å². The molecule has 0 spiro atoms. The topological polar surface area (TPSA) is 50.8 Å². The average Bonchev–Trinajstić information content (AvgIpc) is 2.52. The second-order valence-corrected chi connectivity index (χ2v) is 6.93. The number of hydrogen-bond acceptors (Lipinski definition) is 4. The number of piperidine rings is 1. The lowest BCUT2D eigenvalue weighted by molar-refractivity contribution is -0.0289. The van der Waals surface area contributed by atoms with Gasteiger partial charge in [0.2, 0.25) is 0 Å². The summed E-state index contributed by atoms with van der Waals surface area (Å²) in [5, 5.41) is 3.35. The van der Waals surface area contributed by atoms with Gasteiger partial charge in [-0.2, -0.15) is 0 Å². The molecule has 23 heavy (non-hydrogen) atoms. The maximum absolute atomic E-state index is 12.7. The molecule has 0 aliphatic carbocycles. The van der Waals surface area contributed by atoms with Gasteiger partial charge in [-0.3, -0.25) is 4.90 Å². The number of ether oxygens (including phenoxy) is 2. The molecule has 0 saturated carbocycles. The number of hydrogen-bond donors (Lipinski definition) is 1. The molecule has 1 amide bonds. The Balaban J connectivity index is 2.21. The van der Waals surface area contributed by atoms with Crippen LogP contribution in [0.1, 0.15) is 32.8 Å². The quantitative estimate of drug-likeness (QED) is 0.927. The minimum Gasteiger partial charge on any atom is -0.444 e. The summed E-state index contributed by atoms with van der Waals surface area (Å²) < 4.78 is 11.2. The fraction of sp³-hybridized carbons (Fsp3) is 0.611. The zero-order valence-electron chi connectivity index (χ0n) is 14.5. The molecule has 0 bridgehead atoms. The van der Waals surface area contributed by atoms with Gasteiger partial charge < -0.3 is 14.8 Å². The summed E-state index contributed by atoms with van der Waals surface area (Å²) in [6.45, 7) is 7.80. The van der Waals surface area contributed by atoms with Crippen LogP contribution in [0.5, 0.6) is 0 Å². The molecule has 1 heterocycles. The molecule has 0 aromatic heterocycles. The third kappa shape index (κ3) is 5.22. The lowest BCUT2D eigenvalue weighted by Crippen LogP contribution is -2.56. The molecule has 128 valence electrons. The first-order valence-corrected chi connectivity index (χ1v) is 8.18. The number of methoxy groups -OCH3 is 1. The van der Waals surface area contributed by atoms with E-state index in [1.165, 1.54) is 0 Å². The van der Waals surface area contributed by atoms with Gasteiger partial charge in [-0.25, -0.2) is 4.79 Å². The van der Waals surface area contributed by atoms with Gasteiger partial charge in [0.25, 0.3) is 0 Å². The smallest absolute Gasteiger partial charge is 0.410 e. The standard InChI is InChI=1S/C18H28N2O3/c1-18(2,3)23-17(21)20(13-14-8-6-5-7-9-14)15-12-19-11-10-16(15)22-4/h5-9,15-16,19H,10-13H2,1-4H3/t15-,16-/m0/s1. The highest BCUT2D eigenvalue weighted by Gasteiger charge is 2.35. The maximum atomic E-state index is 12.7. The number of nitrogens with zero attached hydrogens (tertiary/aromatic N) is 1. The van der Waals surface area contributed by atoms with Gasteiger partial charge in [0.15, 0.2) is 0 Å². The van der Waals surface area contributed by atoms with E-state index >= 15 is 0 Å². The summed E-state index contributed by atoms with van der Waals surface area (Å²) in [6.07, 6.45) is 0.611. The molecule has 1 aromatic rings. The Kier molecular flexibility index (Phi) is 6.02. The lowest BCUT2D eigenvalue weighted by atomic mass is 10.0. The molecule has 2 atom stereocenters. The van der Waals surface area contributed by atoms with E-state index in [9.17, 15) is 4.79 Å². The summed E-state index contributed by atoms with van der Waals surface area (Å²) >= 11 is 0. The predicted molar refractivity (Wildman–Crippen MR) is 90.3 cm³/mol. The first-order chi connectivity index (χ1) is 10.9. The minimum absolute atomic E-state index is 0.0208. The molecule has 1 aliphatic rings. The Morgan fingerprint density at radius 3 is 2.61 bits per heavy atom. The van der Waals surface area contributed by atoms with Crippen LogP contribution in [0.4, 0.5) is 4.79 Å². The predicted octanol–water partition coefficient (Wildman–Crippen LogP) is 2.80. The van der Waals surface area contributed by atoms with E-state index in [0.717, 1.165) is 18.5 Å². The zero-order chi connectivity index (χ0) is 16.9. The largest absolute Gasteiger partial charge is 0.444 e. The van der Waals surface area contributed by atoms with Gasteiger partial charge in [0, 0.05) is 20.2 Å². The van der Waals surface area contributed by atoms with E-state index < -0.39 is 5.60 Å². The number of nitrogens with one attached hydrogen (secondary N) is 1. The van der Waals surface area contributed by atoms with Crippen molar-refractivity contribution in [1.29, 1.82) is 0 Å². The van der Waals surface area contributed by atoms with Gasteiger partial charge >= 0.3 is 6.09 Å². The maximum Gasteiger partial charge on any atom is 0.410 e. The molecule has 5 nitrogen and oxygen atoms in total. The van der Waals surface area contributed by atoms with Crippen LogP contribution in [0.15, 0.2) is 30.3 Å². The van der Waals surface area contributed by atoms with Crippen LogP contribution >= 0.6 is 0 Å². The number of carbonyl (C=O) groups is 1. The first-order valence-electron chi connectivity index (χ1n) is 8.18. The number of amides is 1. The SMILES string of the molecule is CO[C@H]1CCNC[C@@H]1N(Cc1ccccc1)C(=O)OC(C)(C)C. The summed E-state index contributed by atoms with van der Waals surface area (Å²) in [5.41, 5.74) is 0.565. The Morgan fingerprint density at radius 2 is 2.00 bits per heavy atom. The molecule has 1 N–H and O–H groups in total. The van der Waals surface area contributed by atoms with Crippen molar-refractivity contribution in [2.24, 2.45) is 0 Å². The van der Waals surface area contributed by atoms with Crippen LogP contribution in [0.2, 0.25) is 0 Å². The summed E-state index contributed by atoms with van der Waals surface area (Å²) in [6, 6.07) is 9.95. The molecule has 0 radical (unpaired) electrons. The van der Waals surface area contributed by atoms with Gasteiger partial charge in [-0.15, -0.1) is 0 Å². The van der Waals surface area contributed by atoms with E-state index in [1.807, 2.05) is 51.1 Å². The Hall–Kier alpha value is -1.59. The van der Waals surface area contributed by atoms with Crippen LogP contribution in [-0.4, -0.2) is 48.9 Å². The molecule has 2 rings (SSSR count). The summed E-state index contributed by atoms with van der Waals surface area (Å²) in [5.74, 6) is 0. The van der Waals surface area contributed by atoms with E-state index in [-0.39, 0.29) is 18.2 Å². The van der Waals surface area contributed by atoms with Crippen molar-refractivity contribution in [2.75, 3.05) is 20.2 Å². The van der Waals surface area contributed by atoms with E-state index in [2.05, 4.69) is 5.32 Å². The highest BCUT2D eigenvalue weighted by Crippen LogP contribution is 2.20. The summed E-state index contributed by atoms with van der Waals surface area (Å²) in [7, 11) is 1.71. The molecule has 1 fully saturated rings. The zero-order valence-corrected chi connectivity index (χ0v) is 14.5. The Morgan fingerprint density at radius 1 is 1.30 bits per heavy atom. The van der Waals surface area contributed by atoms with E-state index in [4.69, 9.17) is 9.47 Å². The van der Waals surface area contributed by atoms with Gasteiger partial charge in [0.1, 0.15) is 5.60 Å². The highest BCUT2D eigenvalue weighted by molar-refractivity contribution is 5.68. The van der Waals surface area contributed by atoms with Crippen molar-refractivity contribution in [1.82, 2.24) is 10.2 Å². The third-order valence-electron chi connectivity index (χ3n) is 3.92. The number of carbonyl (C=O) groups excluding carboxylic acids is 1. The van der Waals surface area contributed by atoms with Gasteiger partial charge in [0.05, 0.1) is 12.1 Å². The van der Waals surface area contributed by atoms with Crippen molar-refractivity contribution >= 4 is 6.09 Å². The molecular formula is C18H28N2O3. The molecular weight excluding hydrogens is 292 g/mol. The van der Waals surface area contributed by atoms with Crippen LogP contribution in [-0.2, 0) is 16.0 Å². The molecule has 0 unspecified atom stereocenters. The lowest BCUT2D eigenvalue weighted by Gasteiger charge is -2.40. The van der Waals surface area contributed by atoms with Crippen molar-refractivity contribution in [3.05, 3.63) is 35.9 Å². The monoisotopic (exact) mass is 320 g/mol. The molecule has 1 saturated heterocycles. The Labute approximate surface area is 139 Å².